The molecule has 0 amide bonds. The normalized spacial score (nSPS) is 11.6. The van der Waals surface area contributed by atoms with Crippen molar-refractivity contribution in [2.75, 3.05) is 5.73 Å². The van der Waals surface area contributed by atoms with Crippen molar-refractivity contribution in [2.24, 2.45) is 13.0 Å². The molecule has 2 heterocycles. The van der Waals surface area contributed by atoms with E-state index in [9.17, 15) is 0 Å². The molecule has 0 bridgehead atoms. The van der Waals surface area contributed by atoms with Gasteiger partial charge >= 0.3 is 0 Å². The summed E-state index contributed by atoms with van der Waals surface area (Å²) in [5, 5.41) is 5.07. The number of hydrogen-bond donors (Lipinski definition) is 1. The minimum atomic E-state index is 0.550. The first-order valence-corrected chi connectivity index (χ1v) is 7.41. The molecule has 0 fully saturated rings. The van der Waals surface area contributed by atoms with Crippen LogP contribution in [0.4, 0.5) is 5.13 Å². The molecule has 104 valence electrons. The minimum absolute atomic E-state index is 0.550. The summed E-state index contributed by atoms with van der Waals surface area (Å²) in [5.74, 6) is 2.32. The van der Waals surface area contributed by atoms with Gasteiger partial charge in [-0.3, -0.25) is 0 Å². The first-order chi connectivity index (χ1) is 9.52. The molecule has 3 aromatic rings. The van der Waals surface area contributed by atoms with Crippen molar-refractivity contribution in [3.05, 3.63) is 24.0 Å². The average Bonchev–Trinajstić information content (AvgIpc) is 2.89. The lowest BCUT2D eigenvalue weighted by Gasteiger charge is -1.99. The molecule has 0 aliphatic carbocycles. The molecule has 0 atom stereocenters. The van der Waals surface area contributed by atoms with Gasteiger partial charge in [0.05, 0.1) is 10.2 Å². The molecule has 3 rings (SSSR count). The van der Waals surface area contributed by atoms with Crippen LogP contribution in [0.1, 0.15) is 19.7 Å². The van der Waals surface area contributed by atoms with Crippen LogP contribution < -0.4 is 5.73 Å². The fourth-order valence-corrected chi connectivity index (χ4v) is 3.00. The standard InChI is InChI=1S/C14H17N5S/c1-8(2)6-12-17-13(19(3)18-12)9-4-5-10-11(7-9)20-14(15)16-10/h4-5,7-8H,6H2,1-3H3,(H2,15,16). The molecular formula is C14H17N5S. The number of thiazole rings is 1. The molecular weight excluding hydrogens is 270 g/mol. The van der Waals surface area contributed by atoms with Gasteiger partial charge in [-0.2, -0.15) is 5.10 Å². The Morgan fingerprint density at radius 2 is 2.10 bits per heavy atom. The van der Waals surface area contributed by atoms with Crippen LogP contribution in [0, 0.1) is 5.92 Å². The predicted octanol–water partition coefficient (Wildman–Crippen LogP) is 2.87. The lowest BCUT2D eigenvalue weighted by atomic mass is 10.1. The Morgan fingerprint density at radius 3 is 2.85 bits per heavy atom. The third-order valence-corrected chi connectivity index (χ3v) is 3.91. The summed E-state index contributed by atoms with van der Waals surface area (Å²) in [6, 6.07) is 6.07. The summed E-state index contributed by atoms with van der Waals surface area (Å²) in [4.78, 5) is 8.91. The highest BCUT2D eigenvalue weighted by Crippen LogP contribution is 2.28. The molecule has 2 N–H and O–H groups in total. The Kier molecular flexibility index (Phi) is 3.17. The van der Waals surface area contributed by atoms with Gasteiger partial charge in [0.15, 0.2) is 16.8 Å². The molecule has 0 aliphatic rings. The largest absolute Gasteiger partial charge is 0.375 e. The topological polar surface area (TPSA) is 69.6 Å². The van der Waals surface area contributed by atoms with Crippen molar-refractivity contribution in [1.82, 2.24) is 19.7 Å². The highest BCUT2D eigenvalue weighted by molar-refractivity contribution is 7.22. The monoisotopic (exact) mass is 287 g/mol. The maximum atomic E-state index is 5.74. The summed E-state index contributed by atoms with van der Waals surface area (Å²) in [6.45, 7) is 4.34. The molecule has 20 heavy (non-hydrogen) atoms. The van der Waals surface area contributed by atoms with Gasteiger partial charge in [-0.25, -0.2) is 14.6 Å². The quantitative estimate of drug-likeness (QED) is 0.804. The summed E-state index contributed by atoms with van der Waals surface area (Å²) < 4.78 is 2.91. The molecule has 0 aliphatic heterocycles. The van der Waals surface area contributed by atoms with Crippen molar-refractivity contribution >= 4 is 26.7 Å². The number of benzene rings is 1. The highest BCUT2D eigenvalue weighted by Gasteiger charge is 2.12. The van der Waals surface area contributed by atoms with E-state index in [-0.39, 0.29) is 0 Å². The van der Waals surface area contributed by atoms with Crippen LogP contribution in [-0.4, -0.2) is 19.7 Å². The fourth-order valence-electron chi connectivity index (χ4n) is 2.22. The number of nitrogens with zero attached hydrogens (tertiary/aromatic N) is 4. The van der Waals surface area contributed by atoms with E-state index in [2.05, 4.69) is 35.0 Å². The zero-order valence-corrected chi connectivity index (χ0v) is 12.6. The summed E-state index contributed by atoms with van der Waals surface area (Å²) in [5.41, 5.74) is 7.72. The fraction of sp³-hybridized carbons (Fsp3) is 0.357. The van der Waals surface area contributed by atoms with Crippen molar-refractivity contribution in [3.63, 3.8) is 0 Å². The van der Waals surface area contributed by atoms with E-state index in [1.54, 1.807) is 0 Å². The van der Waals surface area contributed by atoms with Crippen LogP contribution in [0.25, 0.3) is 21.6 Å². The highest BCUT2D eigenvalue weighted by atomic mass is 32.1. The van der Waals surface area contributed by atoms with Crippen molar-refractivity contribution in [2.45, 2.75) is 20.3 Å². The third kappa shape index (κ3) is 2.38. The van der Waals surface area contributed by atoms with Crippen LogP contribution in [0.2, 0.25) is 0 Å². The van der Waals surface area contributed by atoms with E-state index in [1.807, 2.05) is 23.9 Å². The number of rotatable bonds is 3. The number of fused-ring (bicyclic) bond motifs is 1. The van der Waals surface area contributed by atoms with E-state index < -0.39 is 0 Å². The van der Waals surface area contributed by atoms with Crippen molar-refractivity contribution in [1.29, 1.82) is 0 Å². The third-order valence-electron chi connectivity index (χ3n) is 3.06. The average molecular weight is 287 g/mol. The molecule has 0 unspecified atom stereocenters. The van der Waals surface area contributed by atoms with E-state index >= 15 is 0 Å². The van der Waals surface area contributed by atoms with Crippen LogP contribution in [0.3, 0.4) is 0 Å². The Hall–Kier alpha value is -1.95. The van der Waals surface area contributed by atoms with E-state index in [0.29, 0.717) is 11.0 Å². The second-order valence-electron chi connectivity index (χ2n) is 5.31. The Labute approximate surface area is 121 Å². The number of aryl methyl sites for hydroxylation is 1. The van der Waals surface area contributed by atoms with Gasteiger partial charge < -0.3 is 5.73 Å². The smallest absolute Gasteiger partial charge is 0.181 e. The summed E-state index contributed by atoms with van der Waals surface area (Å²) in [6.07, 6.45) is 0.892. The molecule has 0 saturated carbocycles. The van der Waals surface area contributed by atoms with Gasteiger partial charge in [0.25, 0.3) is 0 Å². The second-order valence-corrected chi connectivity index (χ2v) is 6.37. The predicted molar refractivity (Wildman–Crippen MR) is 82.6 cm³/mol. The van der Waals surface area contributed by atoms with E-state index in [1.165, 1.54) is 11.3 Å². The maximum Gasteiger partial charge on any atom is 0.181 e. The minimum Gasteiger partial charge on any atom is -0.375 e. The van der Waals surface area contributed by atoms with Gasteiger partial charge in [0, 0.05) is 19.0 Å². The molecule has 5 nitrogen and oxygen atoms in total. The zero-order valence-electron chi connectivity index (χ0n) is 11.8. The zero-order chi connectivity index (χ0) is 14.3. The number of hydrogen-bond acceptors (Lipinski definition) is 5. The van der Waals surface area contributed by atoms with Crippen LogP contribution in [0.5, 0.6) is 0 Å². The van der Waals surface area contributed by atoms with E-state index in [4.69, 9.17) is 5.73 Å². The van der Waals surface area contributed by atoms with Crippen LogP contribution in [0.15, 0.2) is 18.2 Å². The van der Waals surface area contributed by atoms with Crippen LogP contribution >= 0.6 is 11.3 Å². The van der Waals surface area contributed by atoms with Gasteiger partial charge in [-0.15, -0.1) is 0 Å². The van der Waals surface area contributed by atoms with Gasteiger partial charge in [-0.05, 0) is 24.1 Å². The van der Waals surface area contributed by atoms with Gasteiger partial charge in [0.1, 0.15) is 0 Å². The number of anilines is 1. The molecule has 1 aromatic carbocycles. The molecule has 6 heteroatoms. The maximum absolute atomic E-state index is 5.74. The molecule has 2 aromatic heterocycles. The first kappa shape index (κ1) is 13.1. The Bertz CT molecular complexity index is 756. The molecule has 0 spiro atoms. The van der Waals surface area contributed by atoms with Gasteiger partial charge in [-0.1, -0.05) is 25.2 Å². The van der Waals surface area contributed by atoms with Gasteiger partial charge in [0.2, 0.25) is 0 Å². The number of nitrogen functional groups attached to an aromatic ring is 1. The number of nitrogens with two attached hydrogens (primary N) is 1. The number of aromatic nitrogens is 4. The summed E-state index contributed by atoms with van der Waals surface area (Å²) >= 11 is 1.49. The summed E-state index contributed by atoms with van der Waals surface area (Å²) in [7, 11) is 1.93. The molecule has 0 radical (unpaired) electrons. The van der Waals surface area contributed by atoms with Crippen molar-refractivity contribution < 1.29 is 0 Å². The SMILES string of the molecule is CC(C)Cc1nc(-c2ccc3nc(N)sc3c2)n(C)n1. The second kappa shape index (κ2) is 4.86. The van der Waals surface area contributed by atoms with Crippen molar-refractivity contribution in [3.8, 4) is 11.4 Å². The molecule has 0 saturated heterocycles. The van der Waals surface area contributed by atoms with E-state index in [0.717, 1.165) is 33.8 Å². The lowest BCUT2D eigenvalue weighted by molar-refractivity contribution is 0.613. The van der Waals surface area contributed by atoms with Crippen LogP contribution in [-0.2, 0) is 13.5 Å². The Morgan fingerprint density at radius 1 is 1.30 bits per heavy atom. The Balaban J connectivity index is 2.03. The lowest BCUT2D eigenvalue weighted by Crippen LogP contribution is -1.97. The first-order valence-electron chi connectivity index (χ1n) is 6.59.